The van der Waals surface area contributed by atoms with E-state index in [0.29, 0.717) is 49.3 Å². The van der Waals surface area contributed by atoms with Crippen LogP contribution in [0.3, 0.4) is 0 Å². The van der Waals surface area contributed by atoms with Gasteiger partial charge in [0.15, 0.2) is 17.1 Å². The van der Waals surface area contributed by atoms with Gasteiger partial charge in [0.1, 0.15) is 15.3 Å². The fourth-order valence-corrected chi connectivity index (χ4v) is 6.34. The summed E-state index contributed by atoms with van der Waals surface area (Å²) < 4.78 is 28.9. The first kappa shape index (κ1) is 21.0. The summed E-state index contributed by atoms with van der Waals surface area (Å²) in [5.41, 5.74) is 1.13. The van der Waals surface area contributed by atoms with Crippen molar-refractivity contribution < 1.29 is 13.5 Å². The number of aromatic amines is 1. The number of likely N-dealkylation sites (N-methyl/N-ethyl adjacent to an activating group) is 1. The summed E-state index contributed by atoms with van der Waals surface area (Å²) in [7, 11) is -0.218. The number of aryl methyl sites for hydroxylation is 2. The van der Waals surface area contributed by atoms with Crippen molar-refractivity contribution >= 4 is 32.4 Å². The van der Waals surface area contributed by atoms with Crippen LogP contribution >= 0.6 is 11.3 Å². The molecule has 30 heavy (non-hydrogen) atoms. The van der Waals surface area contributed by atoms with Gasteiger partial charge in [-0.2, -0.15) is 9.40 Å². The summed E-state index contributed by atoms with van der Waals surface area (Å²) >= 11 is 1.04. The zero-order chi connectivity index (χ0) is 21.6. The van der Waals surface area contributed by atoms with Crippen LogP contribution in [0.4, 0.5) is 0 Å². The Morgan fingerprint density at radius 1 is 1.23 bits per heavy atom. The maximum Gasteiger partial charge on any atom is 0.277 e. The van der Waals surface area contributed by atoms with Crippen LogP contribution < -0.4 is 5.56 Å². The average molecular weight is 453 g/mol. The second kappa shape index (κ2) is 7.76. The lowest BCUT2D eigenvalue weighted by Crippen LogP contribution is -2.46. The van der Waals surface area contributed by atoms with Crippen LogP contribution in [0.15, 0.2) is 15.1 Å². The summed E-state index contributed by atoms with van der Waals surface area (Å²) in [6.07, 6.45) is 1.50. The maximum atomic E-state index is 13.0. The number of hydrogen-bond donors (Lipinski definition) is 2. The molecule has 1 fully saturated rings. The first-order chi connectivity index (χ1) is 14.2. The van der Waals surface area contributed by atoms with E-state index in [1.165, 1.54) is 14.4 Å². The number of fused-ring (bicyclic) bond motifs is 1. The molecule has 0 saturated carbocycles. The largest absolute Gasteiger partial charge is 0.505 e. The minimum Gasteiger partial charge on any atom is -0.505 e. The molecule has 1 saturated heterocycles. The molecular weight excluding hydrogens is 428 g/mol. The predicted octanol–water partition coefficient (Wildman–Crippen LogP) is 0.979. The van der Waals surface area contributed by atoms with Crippen molar-refractivity contribution in [2.24, 2.45) is 7.05 Å². The summed E-state index contributed by atoms with van der Waals surface area (Å²) in [5, 5.41) is 16.5. The molecule has 0 unspecified atom stereocenters. The number of rotatable bonds is 5. The van der Waals surface area contributed by atoms with Gasteiger partial charge in [-0.05, 0) is 13.5 Å². The van der Waals surface area contributed by atoms with Gasteiger partial charge in [0.2, 0.25) is 10.0 Å². The standard InChI is InChI=1S/C18H24N6O4S2/c1-4-5-11-13-14(23(3)21-11)18(26)20-17(19-13)16-15(25)12(10-29-16)30(27,28)24-8-6-22(2)7-9-24/h10,25H,4-9H2,1-3H3,(H,19,20,26). The highest BCUT2D eigenvalue weighted by Gasteiger charge is 2.32. The van der Waals surface area contributed by atoms with Crippen LogP contribution in [0.2, 0.25) is 0 Å². The summed E-state index contributed by atoms with van der Waals surface area (Å²) in [5.74, 6) is -0.248. The van der Waals surface area contributed by atoms with Gasteiger partial charge in [-0.3, -0.25) is 9.48 Å². The molecule has 1 aliphatic rings. The Kier molecular flexibility index (Phi) is 5.43. The molecule has 162 valence electrons. The van der Waals surface area contributed by atoms with E-state index >= 15 is 0 Å². The average Bonchev–Trinajstić information content (AvgIpc) is 3.23. The Balaban J connectivity index is 1.78. The second-order valence-electron chi connectivity index (χ2n) is 7.42. The van der Waals surface area contributed by atoms with Crippen molar-refractivity contribution in [1.29, 1.82) is 0 Å². The van der Waals surface area contributed by atoms with Gasteiger partial charge in [-0.1, -0.05) is 13.3 Å². The lowest BCUT2D eigenvalue weighted by molar-refractivity contribution is 0.222. The zero-order valence-electron chi connectivity index (χ0n) is 17.0. The molecule has 0 aromatic carbocycles. The van der Waals surface area contributed by atoms with Crippen molar-refractivity contribution in [1.82, 2.24) is 29.0 Å². The van der Waals surface area contributed by atoms with E-state index in [9.17, 15) is 18.3 Å². The molecule has 4 rings (SSSR count). The minimum atomic E-state index is -3.84. The lowest BCUT2D eigenvalue weighted by atomic mass is 10.2. The number of thiophene rings is 1. The number of aromatic hydroxyl groups is 1. The molecule has 10 nitrogen and oxygen atoms in total. The van der Waals surface area contributed by atoms with Crippen LogP contribution in [0.1, 0.15) is 19.0 Å². The van der Waals surface area contributed by atoms with Gasteiger partial charge in [0, 0.05) is 38.6 Å². The Hall–Kier alpha value is -2.28. The molecule has 0 radical (unpaired) electrons. The van der Waals surface area contributed by atoms with Crippen LogP contribution in [-0.2, 0) is 23.5 Å². The van der Waals surface area contributed by atoms with E-state index in [1.54, 1.807) is 7.05 Å². The number of H-pyrrole nitrogens is 1. The van der Waals surface area contributed by atoms with Gasteiger partial charge in [0.25, 0.3) is 5.56 Å². The number of piperazine rings is 1. The second-order valence-corrected chi connectivity index (χ2v) is 10.2. The maximum absolute atomic E-state index is 13.0. The minimum absolute atomic E-state index is 0.139. The molecule has 0 atom stereocenters. The van der Waals surface area contributed by atoms with Gasteiger partial charge in [-0.15, -0.1) is 11.3 Å². The van der Waals surface area contributed by atoms with Crippen LogP contribution in [-0.4, -0.2) is 75.7 Å². The van der Waals surface area contributed by atoms with Crippen molar-refractivity contribution in [3.05, 3.63) is 21.4 Å². The number of hydrogen-bond acceptors (Lipinski definition) is 8. The SMILES string of the molecule is CCCc1nn(C)c2c(=O)[nH]c(-c3scc(S(=O)(=O)N4CCN(C)CC4)c3O)nc12. The van der Waals surface area contributed by atoms with E-state index < -0.39 is 10.0 Å². The van der Waals surface area contributed by atoms with Gasteiger partial charge >= 0.3 is 0 Å². The fourth-order valence-electron chi connectivity index (χ4n) is 3.61. The Bertz CT molecular complexity index is 1250. The smallest absolute Gasteiger partial charge is 0.277 e. The molecule has 0 spiro atoms. The number of aromatic nitrogens is 4. The van der Waals surface area contributed by atoms with Crippen molar-refractivity contribution in [3.63, 3.8) is 0 Å². The number of nitrogens with zero attached hydrogens (tertiary/aromatic N) is 5. The number of sulfonamides is 1. The van der Waals surface area contributed by atoms with E-state index in [0.717, 1.165) is 17.8 Å². The quantitative estimate of drug-likeness (QED) is 0.591. The Morgan fingerprint density at radius 3 is 2.60 bits per heavy atom. The van der Waals surface area contributed by atoms with Crippen molar-refractivity contribution in [3.8, 4) is 16.5 Å². The van der Waals surface area contributed by atoms with Gasteiger partial charge < -0.3 is 15.0 Å². The highest BCUT2D eigenvalue weighted by atomic mass is 32.2. The molecule has 0 amide bonds. The van der Waals surface area contributed by atoms with E-state index in [1.807, 2.05) is 14.0 Å². The first-order valence-corrected chi connectivity index (χ1v) is 12.0. The van der Waals surface area contributed by atoms with Crippen LogP contribution in [0.25, 0.3) is 21.7 Å². The molecule has 3 aromatic rings. The lowest BCUT2D eigenvalue weighted by Gasteiger charge is -2.31. The molecular formula is C18H24N6O4S2. The van der Waals surface area contributed by atoms with Crippen LogP contribution in [0.5, 0.6) is 5.75 Å². The van der Waals surface area contributed by atoms with E-state index in [2.05, 4.69) is 20.0 Å². The van der Waals surface area contributed by atoms with Gasteiger partial charge in [-0.25, -0.2) is 13.4 Å². The van der Waals surface area contributed by atoms with Crippen LogP contribution in [0, 0.1) is 0 Å². The predicted molar refractivity (Wildman–Crippen MR) is 114 cm³/mol. The topological polar surface area (TPSA) is 124 Å². The third kappa shape index (κ3) is 3.43. The molecule has 2 N–H and O–H groups in total. The third-order valence-electron chi connectivity index (χ3n) is 5.28. The van der Waals surface area contributed by atoms with Crippen molar-refractivity contribution in [2.45, 2.75) is 24.7 Å². The summed E-state index contributed by atoms with van der Waals surface area (Å²) in [6.45, 7) is 3.99. The molecule has 1 aliphatic heterocycles. The monoisotopic (exact) mass is 452 g/mol. The van der Waals surface area contributed by atoms with Gasteiger partial charge in [0.05, 0.1) is 5.69 Å². The molecule has 0 aliphatic carbocycles. The first-order valence-electron chi connectivity index (χ1n) is 9.69. The number of nitrogens with one attached hydrogen (secondary N) is 1. The molecule has 12 heteroatoms. The Labute approximate surface area is 177 Å². The van der Waals surface area contributed by atoms with E-state index in [-0.39, 0.29) is 26.9 Å². The normalized spacial score (nSPS) is 16.5. The Morgan fingerprint density at radius 2 is 1.93 bits per heavy atom. The summed E-state index contributed by atoms with van der Waals surface area (Å²) in [4.78, 5) is 21.9. The molecule has 0 bridgehead atoms. The highest BCUT2D eigenvalue weighted by Crippen LogP contribution is 2.40. The third-order valence-corrected chi connectivity index (χ3v) is 8.31. The molecule has 3 aromatic heterocycles. The molecule has 4 heterocycles. The van der Waals surface area contributed by atoms with Crippen molar-refractivity contribution in [2.75, 3.05) is 33.2 Å². The zero-order valence-corrected chi connectivity index (χ0v) is 18.7. The fraction of sp³-hybridized carbons (Fsp3) is 0.500. The summed E-state index contributed by atoms with van der Waals surface area (Å²) in [6, 6.07) is 0. The highest BCUT2D eigenvalue weighted by molar-refractivity contribution is 7.89. The van der Waals surface area contributed by atoms with E-state index in [4.69, 9.17) is 0 Å².